The number of benzene rings is 1. The van der Waals surface area contributed by atoms with Crippen molar-refractivity contribution in [2.75, 3.05) is 24.1 Å². The zero-order chi connectivity index (χ0) is 21.5. The monoisotopic (exact) mass is 434 g/mol. The maximum Gasteiger partial charge on any atom is 0.328 e. The normalized spacial score (nSPS) is 21.0. The van der Waals surface area contributed by atoms with Crippen LogP contribution in [0.5, 0.6) is 5.88 Å². The van der Waals surface area contributed by atoms with E-state index in [1.807, 2.05) is 0 Å². The van der Waals surface area contributed by atoms with Crippen molar-refractivity contribution in [2.24, 2.45) is 0 Å². The first-order valence-electron chi connectivity index (χ1n) is 9.56. The topological polar surface area (TPSA) is 141 Å². The molecule has 1 fully saturated rings. The van der Waals surface area contributed by atoms with Crippen LogP contribution in [0.1, 0.15) is 35.2 Å². The number of amides is 1. The van der Waals surface area contributed by atoms with E-state index in [1.165, 1.54) is 6.07 Å². The number of aromatic amines is 2. The summed E-state index contributed by atoms with van der Waals surface area (Å²) in [5.41, 5.74) is -0.548. The third-order valence-corrected chi connectivity index (χ3v) is 6.02. The molecule has 2 aliphatic rings. The number of likely N-dealkylation sites (tertiary alicyclic amines) is 1. The van der Waals surface area contributed by atoms with Gasteiger partial charge in [-0.3, -0.25) is 24.3 Å². The van der Waals surface area contributed by atoms with E-state index in [4.69, 9.17) is 4.74 Å². The van der Waals surface area contributed by atoms with Gasteiger partial charge in [-0.25, -0.2) is 13.2 Å². The standard InChI is InChI=1S/C19H22N4O6S/c1-30(27,28)22-13-5-2-4-12(10-13)17(25)23-8-3-6-19(7-9-23)11-14-15(24)20-18(26)21-16(14)29-19/h2,4-5,10,22H,3,6-9,11H2,1H3,(H2,20,21,24,26)/t19-/m0/s1. The molecule has 1 amide bonds. The molecule has 0 aliphatic carbocycles. The molecular weight excluding hydrogens is 412 g/mol. The summed E-state index contributed by atoms with van der Waals surface area (Å²) in [4.78, 5) is 43.0. The second-order valence-corrected chi connectivity index (χ2v) is 9.53. The summed E-state index contributed by atoms with van der Waals surface area (Å²) < 4.78 is 31.3. The highest BCUT2D eigenvalue weighted by Crippen LogP contribution is 2.38. The first kappa shape index (κ1) is 20.2. The number of hydrogen-bond acceptors (Lipinski definition) is 6. The number of ether oxygens (including phenoxy) is 1. The van der Waals surface area contributed by atoms with Gasteiger partial charge in [-0.15, -0.1) is 0 Å². The lowest BCUT2D eigenvalue weighted by Gasteiger charge is -2.27. The van der Waals surface area contributed by atoms with Crippen LogP contribution in [0, 0.1) is 0 Å². The predicted molar refractivity (Wildman–Crippen MR) is 109 cm³/mol. The molecule has 11 heteroatoms. The Morgan fingerprint density at radius 1 is 1.20 bits per heavy atom. The lowest BCUT2D eigenvalue weighted by molar-refractivity contribution is 0.0657. The summed E-state index contributed by atoms with van der Waals surface area (Å²) in [5, 5.41) is 0. The van der Waals surface area contributed by atoms with Gasteiger partial charge in [0.1, 0.15) is 5.60 Å². The fraction of sp³-hybridized carbons (Fsp3) is 0.421. The molecule has 1 atom stereocenters. The van der Waals surface area contributed by atoms with Crippen LogP contribution in [0.2, 0.25) is 0 Å². The third-order valence-electron chi connectivity index (χ3n) is 5.42. The average molecular weight is 434 g/mol. The molecular formula is C19H22N4O6S. The quantitative estimate of drug-likeness (QED) is 0.640. The predicted octanol–water partition coefficient (Wildman–Crippen LogP) is 0.435. The number of sulfonamides is 1. The molecule has 1 aromatic carbocycles. The minimum Gasteiger partial charge on any atom is -0.471 e. The summed E-state index contributed by atoms with van der Waals surface area (Å²) in [7, 11) is -3.44. The Hall–Kier alpha value is -3.08. The maximum atomic E-state index is 13.0. The van der Waals surface area contributed by atoms with E-state index in [0.29, 0.717) is 55.6 Å². The van der Waals surface area contributed by atoms with E-state index < -0.39 is 26.9 Å². The zero-order valence-electron chi connectivity index (χ0n) is 16.4. The van der Waals surface area contributed by atoms with Gasteiger partial charge in [0.25, 0.3) is 11.5 Å². The van der Waals surface area contributed by atoms with Crippen molar-refractivity contribution < 1.29 is 17.9 Å². The number of nitrogens with one attached hydrogen (secondary N) is 3. The van der Waals surface area contributed by atoms with Crippen LogP contribution in [-0.4, -0.2) is 54.1 Å². The van der Waals surface area contributed by atoms with E-state index in [2.05, 4.69) is 14.7 Å². The fourth-order valence-electron chi connectivity index (χ4n) is 4.08. The van der Waals surface area contributed by atoms with E-state index in [9.17, 15) is 22.8 Å². The SMILES string of the molecule is CS(=O)(=O)Nc1cccc(C(=O)N2CCC[C@]3(CC2)Cc2c([nH]c(=O)[nH]c2=O)O3)c1. The molecule has 1 saturated heterocycles. The summed E-state index contributed by atoms with van der Waals surface area (Å²) in [6.07, 6.45) is 3.25. The number of anilines is 1. The number of nitrogens with zero attached hydrogens (tertiary/aromatic N) is 1. The second-order valence-electron chi connectivity index (χ2n) is 7.78. The van der Waals surface area contributed by atoms with Gasteiger partial charge in [0, 0.05) is 37.2 Å². The van der Waals surface area contributed by atoms with Crippen molar-refractivity contribution >= 4 is 21.6 Å². The van der Waals surface area contributed by atoms with Gasteiger partial charge in [-0.1, -0.05) is 6.07 Å². The molecule has 30 heavy (non-hydrogen) atoms. The number of carbonyl (C=O) groups is 1. The van der Waals surface area contributed by atoms with Crippen molar-refractivity contribution in [3.63, 3.8) is 0 Å². The van der Waals surface area contributed by atoms with Crippen molar-refractivity contribution in [3.05, 3.63) is 56.2 Å². The Balaban J connectivity index is 1.50. The van der Waals surface area contributed by atoms with Gasteiger partial charge >= 0.3 is 5.69 Å². The van der Waals surface area contributed by atoms with Crippen molar-refractivity contribution in [3.8, 4) is 5.88 Å². The van der Waals surface area contributed by atoms with Gasteiger partial charge in [-0.2, -0.15) is 0 Å². The Labute approximate surface area is 172 Å². The van der Waals surface area contributed by atoms with Crippen molar-refractivity contribution in [1.29, 1.82) is 0 Å². The van der Waals surface area contributed by atoms with Gasteiger partial charge in [0.2, 0.25) is 15.9 Å². The zero-order valence-corrected chi connectivity index (χ0v) is 17.2. The van der Waals surface area contributed by atoms with E-state index in [1.54, 1.807) is 23.1 Å². The molecule has 2 aliphatic heterocycles. The number of H-pyrrole nitrogens is 2. The Morgan fingerprint density at radius 2 is 2.00 bits per heavy atom. The second kappa shape index (κ2) is 7.31. The smallest absolute Gasteiger partial charge is 0.328 e. The van der Waals surface area contributed by atoms with Crippen molar-refractivity contribution in [1.82, 2.24) is 14.9 Å². The molecule has 0 saturated carbocycles. The molecule has 3 N–H and O–H groups in total. The maximum absolute atomic E-state index is 13.0. The summed E-state index contributed by atoms with van der Waals surface area (Å²) >= 11 is 0. The number of carbonyl (C=O) groups excluding carboxylic acids is 1. The molecule has 160 valence electrons. The first-order valence-corrected chi connectivity index (χ1v) is 11.4. The lowest BCUT2D eigenvalue weighted by Crippen LogP contribution is -2.37. The van der Waals surface area contributed by atoms with Crippen molar-refractivity contribution in [2.45, 2.75) is 31.3 Å². The Morgan fingerprint density at radius 3 is 2.77 bits per heavy atom. The molecule has 4 rings (SSSR count). The largest absolute Gasteiger partial charge is 0.471 e. The van der Waals surface area contributed by atoms with Gasteiger partial charge in [0.05, 0.1) is 11.8 Å². The van der Waals surface area contributed by atoms with Crippen LogP contribution in [0.25, 0.3) is 0 Å². The molecule has 0 bridgehead atoms. The lowest BCUT2D eigenvalue weighted by atomic mass is 9.90. The number of fused-ring (bicyclic) bond motifs is 1. The number of rotatable bonds is 3. The highest BCUT2D eigenvalue weighted by molar-refractivity contribution is 7.92. The minimum atomic E-state index is -3.44. The van der Waals surface area contributed by atoms with E-state index in [0.717, 1.165) is 6.26 Å². The van der Waals surface area contributed by atoms with Crippen LogP contribution in [0.4, 0.5) is 5.69 Å². The molecule has 1 spiro atoms. The molecule has 0 radical (unpaired) electrons. The van der Waals surface area contributed by atoms with Crippen LogP contribution >= 0.6 is 0 Å². The van der Waals surface area contributed by atoms with Gasteiger partial charge in [-0.05, 0) is 31.0 Å². The summed E-state index contributed by atoms with van der Waals surface area (Å²) in [5.74, 6) is 0.00837. The highest BCUT2D eigenvalue weighted by atomic mass is 32.2. The van der Waals surface area contributed by atoms with Crippen LogP contribution in [0.15, 0.2) is 33.9 Å². The van der Waals surface area contributed by atoms with E-state index in [-0.39, 0.29) is 11.8 Å². The summed E-state index contributed by atoms with van der Waals surface area (Å²) in [6.45, 7) is 0.926. The fourth-order valence-corrected chi connectivity index (χ4v) is 4.63. The average Bonchev–Trinajstić information content (AvgIpc) is 2.88. The van der Waals surface area contributed by atoms with Crippen LogP contribution < -0.4 is 20.7 Å². The van der Waals surface area contributed by atoms with Gasteiger partial charge < -0.3 is 9.64 Å². The van der Waals surface area contributed by atoms with Gasteiger partial charge in [0.15, 0.2) is 0 Å². The first-order chi connectivity index (χ1) is 14.1. The molecule has 3 heterocycles. The van der Waals surface area contributed by atoms with Crippen LogP contribution in [-0.2, 0) is 16.4 Å². The summed E-state index contributed by atoms with van der Waals surface area (Å²) in [6, 6.07) is 6.36. The van der Waals surface area contributed by atoms with Crippen LogP contribution in [0.3, 0.4) is 0 Å². The highest BCUT2D eigenvalue weighted by Gasteiger charge is 2.43. The van der Waals surface area contributed by atoms with E-state index >= 15 is 0 Å². The Kier molecular flexibility index (Phi) is 4.92. The Bertz CT molecular complexity index is 1220. The number of aromatic nitrogens is 2. The minimum absolute atomic E-state index is 0.203. The molecule has 2 aromatic rings. The molecule has 10 nitrogen and oxygen atoms in total. The number of hydrogen-bond donors (Lipinski definition) is 3. The third kappa shape index (κ3) is 4.11. The molecule has 0 unspecified atom stereocenters. The molecule has 1 aromatic heterocycles.